The molecule has 2 aliphatic heterocycles. The van der Waals surface area contributed by atoms with Crippen molar-refractivity contribution in [2.75, 3.05) is 83.8 Å². The number of benzene rings is 5. The Morgan fingerprint density at radius 3 is 1.11 bits per heavy atom. The summed E-state index contributed by atoms with van der Waals surface area (Å²) in [6.45, 7) is 10.2. The van der Waals surface area contributed by atoms with Crippen LogP contribution in [-0.2, 0) is 9.47 Å². The number of phenols is 1. The van der Waals surface area contributed by atoms with Gasteiger partial charge in [-0.05, 0) is 205 Å². The maximum absolute atomic E-state index is 11.7. The zero-order chi connectivity index (χ0) is 77.8. The summed E-state index contributed by atoms with van der Waals surface area (Å²) in [5, 5.41) is 23.5. The molecule has 25 heteroatoms. The van der Waals surface area contributed by atoms with Gasteiger partial charge in [-0.2, -0.15) is 0 Å². The van der Waals surface area contributed by atoms with Gasteiger partial charge in [-0.25, -0.2) is 0 Å². The van der Waals surface area contributed by atoms with E-state index in [2.05, 4.69) is 41.9 Å². The number of halogens is 3. The Labute approximate surface area is 721 Å². The summed E-state index contributed by atoms with van der Waals surface area (Å²) >= 11 is 6.70. The second-order valence-electron chi connectivity index (χ2n) is 27.6. The minimum atomic E-state index is -1.00. The molecule has 4 N–H and O–H groups in total. The normalized spacial score (nSPS) is 16.1. The Morgan fingerprint density at radius 1 is 0.527 bits per heavy atom. The second-order valence-corrected chi connectivity index (χ2v) is 28.8. The van der Waals surface area contributed by atoms with Gasteiger partial charge in [0.25, 0.3) is 0 Å². The molecule has 602 valence electrons. The molecule has 2 heterocycles. The van der Waals surface area contributed by atoms with E-state index in [0.29, 0.717) is 58.0 Å². The van der Waals surface area contributed by atoms with E-state index in [0.717, 1.165) is 80.5 Å². The number of Topliss-reactive ketones (excluding diaryl/α,β-unsaturated/α-hetero) is 4. The number of nitrogens with two attached hydrogens (primary N) is 1. The number of azide groups is 1. The van der Waals surface area contributed by atoms with E-state index in [1.165, 1.54) is 216 Å². The number of nitrogens with zero attached hydrogens (tertiary/aromatic N) is 6. The smallest absolute Gasteiger partial charge is 1.00 e. The van der Waals surface area contributed by atoms with Crippen molar-refractivity contribution in [2.45, 2.75) is 214 Å². The van der Waals surface area contributed by atoms with Crippen LogP contribution >= 0.6 is 31.9 Å². The summed E-state index contributed by atoms with van der Waals surface area (Å²) in [5.41, 5.74) is 30.5. The molecule has 0 radical (unpaired) electrons. The van der Waals surface area contributed by atoms with Crippen LogP contribution in [0.15, 0.2) is 126 Å². The number of phenolic OH excluding ortho intramolecular Hbond substituents is 1. The molecule has 2 saturated heterocycles. The molecule has 12 rings (SSSR count). The molecule has 0 bridgehead atoms. The minimum absolute atomic E-state index is 0. The first-order valence-electron chi connectivity index (χ1n) is 39.1. The van der Waals surface area contributed by atoms with E-state index in [9.17, 15) is 28.7 Å². The number of aliphatic hydroxyl groups is 1. The van der Waals surface area contributed by atoms with E-state index in [4.69, 9.17) is 57.2 Å². The summed E-state index contributed by atoms with van der Waals surface area (Å²) < 4.78 is 48.6. The molecular formula is C85H129AlBr2FLiN7NaO12. The fourth-order valence-corrected chi connectivity index (χ4v) is 13.9. The molecule has 110 heavy (non-hydrogen) atoms. The van der Waals surface area contributed by atoms with Gasteiger partial charge in [0.05, 0.1) is 52.9 Å². The maximum Gasteiger partial charge on any atom is 1.00 e. The van der Waals surface area contributed by atoms with Crippen molar-refractivity contribution < 1.29 is 113 Å². The Bertz CT molecular complexity index is 3260. The second kappa shape index (κ2) is 70.9. The van der Waals surface area contributed by atoms with Gasteiger partial charge in [0.15, 0.2) is 40.5 Å². The van der Waals surface area contributed by atoms with Crippen LogP contribution in [0.25, 0.3) is 26.4 Å². The summed E-state index contributed by atoms with van der Waals surface area (Å²) in [4.78, 5) is 49.3. The van der Waals surface area contributed by atoms with E-state index in [1.807, 2.05) is 78.9 Å². The Morgan fingerprint density at radius 2 is 0.827 bits per heavy atom. The van der Waals surface area contributed by atoms with Crippen LogP contribution in [0.1, 0.15) is 263 Å². The van der Waals surface area contributed by atoms with Gasteiger partial charge in [0.1, 0.15) is 28.7 Å². The number of alkyl halides is 3. The van der Waals surface area contributed by atoms with Gasteiger partial charge < -0.3 is 56.9 Å². The molecule has 19 nitrogen and oxygen atoms in total. The average molecular weight is 1680 g/mol. The van der Waals surface area contributed by atoms with Crippen molar-refractivity contribution in [3.8, 4) is 28.7 Å². The fourth-order valence-electron chi connectivity index (χ4n) is 12.9. The third-order valence-corrected chi connectivity index (χ3v) is 20.5. The van der Waals surface area contributed by atoms with Crippen molar-refractivity contribution in [1.82, 2.24) is 0 Å². The number of ether oxygens (including phenoxy) is 6. The van der Waals surface area contributed by atoms with Crippen LogP contribution in [0.2, 0.25) is 0 Å². The Kier molecular flexibility index (Phi) is 67.8. The van der Waals surface area contributed by atoms with Gasteiger partial charge >= 0.3 is 48.4 Å². The van der Waals surface area contributed by atoms with Crippen LogP contribution in [0.4, 0.5) is 4.39 Å². The van der Waals surface area contributed by atoms with Gasteiger partial charge in [-0.3, -0.25) is 28.5 Å². The van der Waals surface area contributed by atoms with Crippen LogP contribution < -0.4 is 73.1 Å². The number of hydrogen-bond donors (Lipinski definition) is 3. The first kappa shape index (κ1) is 105. The van der Waals surface area contributed by atoms with Gasteiger partial charge in [0.2, 0.25) is 0 Å². The topological polar surface area (TPSA) is 298 Å². The fraction of sp³-hybridized carbons (Fsp3) is 0.600. The van der Waals surface area contributed by atoms with Gasteiger partial charge in [0, 0.05) is 65.5 Å². The molecule has 5 saturated carbocycles. The predicted octanol–water partition coefficient (Wildman–Crippen LogP) is 16.0. The van der Waals surface area contributed by atoms with Crippen molar-refractivity contribution in [3.63, 3.8) is 0 Å². The molecule has 0 aromatic heterocycles. The zero-order valence-electron chi connectivity index (χ0n) is 67.1. The molecule has 5 aromatic rings. The predicted molar refractivity (Wildman–Crippen MR) is 448 cm³/mol. The van der Waals surface area contributed by atoms with Crippen LogP contribution in [-0.4, -0.2) is 134 Å². The molecule has 1 atom stereocenters. The van der Waals surface area contributed by atoms with Crippen LogP contribution in [0.5, 0.6) is 28.7 Å². The number of carbonyl (C=O) groups excluding carboxylic acids is 4. The van der Waals surface area contributed by atoms with E-state index >= 15 is 0 Å². The molecule has 0 amide bonds. The summed E-state index contributed by atoms with van der Waals surface area (Å²) in [7, 11) is -1.00. The summed E-state index contributed by atoms with van der Waals surface area (Å²) in [6.07, 6.45) is 38.0. The first-order chi connectivity index (χ1) is 52.1. The third-order valence-electron chi connectivity index (χ3n) is 19.1. The molecule has 7 aliphatic rings. The molecule has 5 aromatic carbocycles. The molecule has 1 unspecified atom stereocenters. The number of hydrogen-bond acceptors (Lipinski definition) is 14. The van der Waals surface area contributed by atoms with Crippen LogP contribution in [0, 0.1) is 29.6 Å². The maximum atomic E-state index is 11.7. The summed E-state index contributed by atoms with van der Waals surface area (Å²) in [6, 6.07) is 35.9. The molecular weight excluding hydrogens is 1550 g/mol. The number of rotatable bonds is 22. The number of ketones is 4. The third kappa shape index (κ3) is 51.2. The quantitative estimate of drug-likeness (QED) is 0.0145. The van der Waals surface area contributed by atoms with E-state index in [-0.39, 0.29) is 117 Å². The van der Waals surface area contributed by atoms with Crippen molar-refractivity contribution >= 4 is 72.4 Å². The largest absolute Gasteiger partial charge is 1.00 e. The number of aromatic hydroxyl groups is 1. The number of aliphatic hydroxyl groups excluding tert-OH is 1. The van der Waals surface area contributed by atoms with Crippen LogP contribution in [0.3, 0.4) is 0 Å². The SMILES string of the molecule is BrCC1CCCCC1.C.C1CCOC1.C1CCOC1.CC(=O)c1cccc(O)c1.CC(=O)c1cccc(OCC2CCCCC2)c1.NCC(O)c1cccc(OCC2CCCCC2)c1.O=C(CBr)c1cccc(OCC2CCCCC2)c1.[2H]CF.[AlH3].[H-].[Li+].[N-]=[N+]=NCC(=O)c1cccc(OCC2CCCCC2)c1.[N-]=[N+]=[N-].[Na+]. The number of carbonyl (C=O) groups is 4. The monoisotopic (exact) mass is 1670 g/mol. The standard InChI is InChI=1S/C15H19BrO2.C15H19N3O2.C15H23NO2.C15H20O2.C8H8O2.C7H13Br.2C4H8O.CH3F.CH4.Al.Li.N3.Na.4H/c16-10-15(17)13-7-4-8-14(9-13)18-11-12-5-2-1-3-6-12;16-18-17-10-15(19)13-7-4-8-14(9-13)20-11-12-5-2-1-3-6-12;16-10-15(17)13-7-4-8-14(9-13)18-11-12-5-2-1-3-6-12;1-12(16)14-8-5-9-15(10-14)17-11-13-6-3-2-4-7-13;1-6(9)7-3-2-4-8(10)5-7;8-6-7-4-2-1-3-5-7;2*1-2-4-5-3-1;1-2;;;;1-3-2;;;;;/h4,7-9,12H,1-3,5-6,10-11H2;4,7-9,12H,1-3,5-6,10-11H2;4,7-9,12,15,17H,1-3,5-6,10-11,16H2;5,8-10,13H,2-4,6-7,11H2,1H3;2-5,10H,1H3;7H,1-6H2;2*1-4H2;1H3;1H4;;;;;;;;/q;;;;;;;;;;;+1;-1;+1;;;;-1/i;;;;;;;;1D;;;;;;;;;. The van der Waals surface area contributed by atoms with Gasteiger partial charge in [-0.1, -0.05) is 201 Å². The molecule has 7 fully saturated rings. The molecule has 0 spiro atoms. The van der Waals surface area contributed by atoms with Crippen molar-refractivity contribution in [3.05, 3.63) is 176 Å². The Balaban J connectivity index is -0.00000123. The Hall–Kier alpha value is -4.74. The zero-order valence-corrected chi connectivity index (χ0v) is 70.3. The van der Waals surface area contributed by atoms with E-state index < -0.39 is 13.3 Å². The summed E-state index contributed by atoms with van der Waals surface area (Å²) in [5.74, 6) is 7.00. The van der Waals surface area contributed by atoms with Crippen molar-refractivity contribution in [2.24, 2.45) is 40.4 Å². The average Bonchev–Trinajstić information content (AvgIpc) is 1.08. The van der Waals surface area contributed by atoms with Crippen molar-refractivity contribution in [1.29, 1.82) is 0 Å². The van der Waals surface area contributed by atoms with Gasteiger partial charge in [-0.15, -0.1) is 0 Å². The molecule has 5 aliphatic carbocycles. The minimum Gasteiger partial charge on any atom is -1.00 e. The van der Waals surface area contributed by atoms with E-state index in [1.54, 1.807) is 37.3 Å². The first-order valence-corrected chi connectivity index (χ1v) is 40.6.